The SMILES string of the molecule is CCCC(=O)N1CCCCC1CC(C)O. The molecular formula is C12H23NO2. The summed E-state index contributed by atoms with van der Waals surface area (Å²) >= 11 is 0. The number of nitrogens with zero attached hydrogens (tertiary/aromatic N) is 1. The van der Waals surface area contributed by atoms with Crippen molar-refractivity contribution < 1.29 is 9.90 Å². The number of likely N-dealkylation sites (tertiary alicyclic amines) is 1. The van der Waals surface area contributed by atoms with Crippen LogP contribution in [-0.2, 0) is 4.79 Å². The lowest BCUT2D eigenvalue weighted by molar-refractivity contribution is -0.135. The molecule has 0 aliphatic carbocycles. The number of amides is 1. The third kappa shape index (κ3) is 3.82. The van der Waals surface area contributed by atoms with E-state index >= 15 is 0 Å². The number of rotatable bonds is 4. The molecule has 2 unspecified atom stereocenters. The Morgan fingerprint density at radius 3 is 2.87 bits per heavy atom. The molecule has 1 saturated heterocycles. The van der Waals surface area contributed by atoms with Crippen LogP contribution in [0, 0.1) is 0 Å². The number of carbonyl (C=O) groups excluding carboxylic acids is 1. The van der Waals surface area contributed by atoms with Gasteiger partial charge >= 0.3 is 0 Å². The number of aliphatic hydroxyl groups excluding tert-OH is 1. The van der Waals surface area contributed by atoms with Crippen LogP contribution in [0.2, 0.25) is 0 Å². The van der Waals surface area contributed by atoms with E-state index in [1.165, 1.54) is 6.42 Å². The number of hydrogen-bond acceptors (Lipinski definition) is 2. The minimum absolute atomic E-state index is 0.267. The predicted molar refractivity (Wildman–Crippen MR) is 60.6 cm³/mol. The average Bonchev–Trinajstić information content (AvgIpc) is 2.18. The first-order valence-corrected chi connectivity index (χ1v) is 6.12. The molecule has 1 heterocycles. The second-order valence-electron chi connectivity index (χ2n) is 4.57. The van der Waals surface area contributed by atoms with Crippen molar-refractivity contribution in [2.45, 2.75) is 64.5 Å². The van der Waals surface area contributed by atoms with Gasteiger partial charge in [-0.1, -0.05) is 6.92 Å². The predicted octanol–water partition coefficient (Wildman–Crippen LogP) is 1.94. The molecule has 1 aliphatic heterocycles. The molecule has 88 valence electrons. The second kappa shape index (κ2) is 6.11. The van der Waals surface area contributed by atoms with Gasteiger partial charge in [0.15, 0.2) is 0 Å². The molecule has 0 aromatic rings. The van der Waals surface area contributed by atoms with E-state index in [4.69, 9.17) is 0 Å². The standard InChI is InChI=1S/C12H23NO2/c1-3-6-12(15)13-8-5-4-7-11(13)9-10(2)14/h10-11,14H,3-9H2,1-2H3. The topological polar surface area (TPSA) is 40.5 Å². The lowest BCUT2D eigenvalue weighted by atomic mass is 9.97. The lowest BCUT2D eigenvalue weighted by Gasteiger charge is -2.36. The molecular weight excluding hydrogens is 190 g/mol. The molecule has 0 spiro atoms. The molecule has 0 radical (unpaired) electrons. The highest BCUT2D eigenvalue weighted by Gasteiger charge is 2.26. The van der Waals surface area contributed by atoms with Crippen LogP contribution in [0.15, 0.2) is 0 Å². The fraction of sp³-hybridized carbons (Fsp3) is 0.917. The van der Waals surface area contributed by atoms with Gasteiger partial charge in [-0.2, -0.15) is 0 Å². The smallest absolute Gasteiger partial charge is 0.222 e. The van der Waals surface area contributed by atoms with Crippen molar-refractivity contribution in [2.75, 3.05) is 6.54 Å². The number of carbonyl (C=O) groups is 1. The summed E-state index contributed by atoms with van der Waals surface area (Å²) in [5, 5.41) is 9.40. The molecule has 0 saturated carbocycles. The first kappa shape index (κ1) is 12.5. The van der Waals surface area contributed by atoms with Crippen LogP contribution in [-0.4, -0.2) is 34.6 Å². The van der Waals surface area contributed by atoms with Crippen molar-refractivity contribution in [2.24, 2.45) is 0 Å². The summed E-state index contributed by atoms with van der Waals surface area (Å²) in [6, 6.07) is 0.276. The van der Waals surface area contributed by atoms with Gasteiger partial charge in [0.2, 0.25) is 5.91 Å². The second-order valence-corrected chi connectivity index (χ2v) is 4.57. The van der Waals surface area contributed by atoms with Crippen molar-refractivity contribution in [3.8, 4) is 0 Å². The molecule has 1 fully saturated rings. The van der Waals surface area contributed by atoms with Crippen LogP contribution < -0.4 is 0 Å². The number of hydrogen-bond donors (Lipinski definition) is 1. The summed E-state index contributed by atoms with van der Waals surface area (Å²) in [5.41, 5.74) is 0. The van der Waals surface area contributed by atoms with Crippen molar-refractivity contribution in [1.29, 1.82) is 0 Å². The molecule has 1 rings (SSSR count). The van der Waals surface area contributed by atoms with Gasteiger partial charge in [0.1, 0.15) is 0 Å². The number of aliphatic hydroxyl groups is 1. The van der Waals surface area contributed by atoms with Gasteiger partial charge in [-0.25, -0.2) is 0 Å². The molecule has 2 atom stereocenters. The normalized spacial score (nSPS) is 23.9. The van der Waals surface area contributed by atoms with E-state index in [1.54, 1.807) is 6.92 Å². The first-order chi connectivity index (χ1) is 7.15. The summed E-state index contributed by atoms with van der Waals surface area (Å²) in [6.45, 7) is 4.72. The van der Waals surface area contributed by atoms with E-state index in [0.717, 1.165) is 32.2 Å². The molecule has 0 aromatic heterocycles. The molecule has 1 N–H and O–H groups in total. The van der Waals surface area contributed by atoms with Gasteiger partial charge < -0.3 is 10.0 Å². The fourth-order valence-electron chi connectivity index (χ4n) is 2.33. The van der Waals surface area contributed by atoms with Crippen molar-refractivity contribution in [1.82, 2.24) is 4.90 Å². The Hall–Kier alpha value is -0.570. The Labute approximate surface area is 92.5 Å². The summed E-state index contributed by atoms with van der Waals surface area (Å²) in [7, 11) is 0. The average molecular weight is 213 g/mol. The van der Waals surface area contributed by atoms with E-state index in [1.807, 2.05) is 11.8 Å². The lowest BCUT2D eigenvalue weighted by Crippen LogP contribution is -2.44. The summed E-state index contributed by atoms with van der Waals surface area (Å²) in [5.74, 6) is 0.267. The summed E-state index contributed by atoms with van der Waals surface area (Å²) < 4.78 is 0. The van der Waals surface area contributed by atoms with Crippen LogP contribution in [0.4, 0.5) is 0 Å². The Morgan fingerprint density at radius 1 is 1.53 bits per heavy atom. The Morgan fingerprint density at radius 2 is 2.27 bits per heavy atom. The van der Waals surface area contributed by atoms with E-state index < -0.39 is 0 Å². The third-order valence-corrected chi connectivity index (χ3v) is 3.02. The largest absolute Gasteiger partial charge is 0.393 e. The minimum atomic E-state index is -0.301. The van der Waals surface area contributed by atoms with Crippen molar-refractivity contribution >= 4 is 5.91 Å². The van der Waals surface area contributed by atoms with E-state index in [9.17, 15) is 9.90 Å². The quantitative estimate of drug-likeness (QED) is 0.775. The zero-order valence-corrected chi connectivity index (χ0v) is 9.91. The fourth-order valence-corrected chi connectivity index (χ4v) is 2.33. The summed E-state index contributed by atoms with van der Waals surface area (Å²) in [6.07, 6.45) is 5.35. The Balaban J connectivity index is 2.52. The van der Waals surface area contributed by atoms with Crippen molar-refractivity contribution in [3.63, 3.8) is 0 Å². The first-order valence-electron chi connectivity index (χ1n) is 6.12. The van der Waals surface area contributed by atoms with Gasteiger partial charge in [0.25, 0.3) is 0 Å². The van der Waals surface area contributed by atoms with Gasteiger partial charge in [0.05, 0.1) is 6.10 Å². The highest BCUT2D eigenvalue weighted by atomic mass is 16.3. The molecule has 3 nitrogen and oxygen atoms in total. The molecule has 3 heteroatoms. The minimum Gasteiger partial charge on any atom is -0.393 e. The Bertz CT molecular complexity index is 204. The maximum atomic E-state index is 11.8. The zero-order valence-electron chi connectivity index (χ0n) is 9.91. The highest BCUT2D eigenvalue weighted by Crippen LogP contribution is 2.21. The molecule has 1 aliphatic rings. The maximum Gasteiger partial charge on any atom is 0.222 e. The van der Waals surface area contributed by atoms with Crippen molar-refractivity contribution in [3.05, 3.63) is 0 Å². The van der Waals surface area contributed by atoms with Crippen LogP contribution >= 0.6 is 0 Å². The van der Waals surface area contributed by atoms with Crippen LogP contribution in [0.25, 0.3) is 0 Å². The van der Waals surface area contributed by atoms with Crippen LogP contribution in [0.1, 0.15) is 52.4 Å². The van der Waals surface area contributed by atoms with Crippen LogP contribution in [0.5, 0.6) is 0 Å². The van der Waals surface area contributed by atoms with Crippen LogP contribution in [0.3, 0.4) is 0 Å². The van der Waals surface area contributed by atoms with Gasteiger partial charge in [-0.05, 0) is 39.0 Å². The Kier molecular flexibility index (Phi) is 5.09. The van der Waals surface area contributed by atoms with Gasteiger partial charge in [-0.3, -0.25) is 4.79 Å². The summed E-state index contributed by atoms with van der Waals surface area (Å²) in [4.78, 5) is 13.8. The molecule has 1 amide bonds. The van der Waals surface area contributed by atoms with E-state index in [0.29, 0.717) is 6.42 Å². The zero-order chi connectivity index (χ0) is 11.3. The van der Waals surface area contributed by atoms with E-state index in [-0.39, 0.29) is 18.1 Å². The molecule has 0 bridgehead atoms. The van der Waals surface area contributed by atoms with E-state index in [2.05, 4.69) is 0 Å². The maximum absolute atomic E-state index is 11.8. The van der Waals surface area contributed by atoms with Gasteiger partial charge in [0, 0.05) is 19.0 Å². The molecule has 15 heavy (non-hydrogen) atoms. The highest BCUT2D eigenvalue weighted by molar-refractivity contribution is 5.76. The monoisotopic (exact) mass is 213 g/mol. The third-order valence-electron chi connectivity index (χ3n) is 3.02. The van der Waals surface area contributed by atoms with Gasteiger partial charge in [-0.15, -0.1) is 0 Å². The number of piperidine rings is 1. The molecule has 0 aromatic carbocycles.